The van der Waals surface area contributed by atoms with Gasteiger partial charge in [-0.3, -0.25) is 9.78 Å². The molecule has 154 valence electrons. The zero-order valence-electron chi connectivity index (χ0n) is 16.0. The molecular formula is C20H21FN2O6. The van der Waals surface area contributed by atoms with Crippen molar-refractivity contribution in [3.63, 3.8) is 0 Å². The standard InChI is InChI=1S/C20H21FN2O6/c1-27-18-9-13(21)4-6-17(18)29-16-7-8-23(11-15(16)24)19(25)14-5-3-12(10-22-14)20(26)28-2/h3-6,9-10,15-16,24H,7-8,11H2,1-2H3/t15-,16-/m1/s1. The SMILES string of the molecule is COC(=O)c1ccc(C(=O)N2CC[C@@H](Oc3ccc(F)cc3OC)[C@H](O)C2)nc1. The van der Waals surface area contributed by atoms with E-state index in [1.165, 1.54) is 55.6 Å². The first-order chi connectivity index (χ1) is 13.9. The van der Waals surface area contributed by atoms with Gasteiger partial charge in [-0.25, -0.2) is 9.18 Å². The van der Waals surface area contributed by atoms with Crippen molar-refractivity contribution in [3.05, 3.63) is 53.6 Å². The Bertz CT molecular complexity index is 889. The van der Waals surface area contributed by atoms with Gasteiger partial charge in [0, 0.05) is 25.2 Å². The lowest BCUT2D eigenvalue weighted by Gasteiger charge is -2.36. The molecule has 0 radical (unpaired) electrons. The number of methoxy groups -OCH3 is 2. The number of amides is 1. The fraction of sp³-hybridized carbons (Fsp3) is 0.350. The van der Waals surface area contributed by atoms with Gasteiger partial charge < -0.3 is 24.2 Å². The molecule has 1 N–H and O–H groups in total. The van der Waals surface area contributed by atoms with Gasteiger partial charge in [-0.15, -0.1) is 0 Å². The van der Waals surface area contributed by atoms with Gasteiger partial charge in [0.05, 0.1) is 26.3 Å². The fourth-order valence-electron chi connectivity index (χ4n) is 3.05. The van der Waals surface area contributed by atoms with Crippen LogP contribution < -0.4 is 9.47 Å². The number of likely N-dealkylation sites (tertiary alicyclic amines) is 1. The number of aliphatic hydroxyl groups excluding tert-OH is 1. The lowest BCUT2D eigenvalue weighted by molar-refractivity contribution is -0.0208. The van der Waals surface area contributed by atoms with E-state index in [4.69, 9.17) is 9.47 Å². The largest absolute Gasteiger partial charge is 0.493 e. The summed E-state index contributed by atoms with van der Waals surface area (Å²) >= 11 is 0. The van der Waals surface area contributed by atoms with E-state index >= 15 is 0 Å². The van der Waals surface area contributed by atoms with E-state index < -0.39 is 24.0 Å². The van der Waals surface area contributed by atoms with Gasteiger partial charge in [-0.1, -0.05) is 0 Å². The highest BCUT2D eigenvalue weighted by Gasteiger charge is 2.33. The molecule has 1 aromatic carbocycles. The number of ether oxygens (including phenoxy) is 3. The topological polar surface area (TPSA) is 98.2 Å². The molecule has 0 unspecified atom stereocenters. The first kappa shape index (κ1) is 20.5. The predicted molar refractivity (Wildman–Crippen MR) is 99.5 cm³/mol. The summed E-state index contributed by atoms with van der Waals surface area (Å²) in [6, 6.07) is 6.77. The average molecular weight is 404 g/mol. The lowest BCUT2D eigenvalue weighted by atomic mass is 10.0. The Morgan fingerprint density at radius 3 is 2.62 bits per heavy atom. The molecular weight excluding hydrogens is 383 g/mol. The summed E-state index contributed by atoms with van der Waals surface area (Å²) in [5, 5.41) is 10.4. The van der Waals surface area contributed by atoms with Crippen LogP contribution in [0.15, 0.2) is 36.5 Å². The summed E-state index contributed by atoms with van der Waals surface area (Å²) in [5.74, 6) is -0.816. The molecule has 3 rings (SSSR count). The summed E-state index contributed by atoms with van der Waals surface area (Å²) in [4.78, 5) is 29.6. The summed E-state index contributed by atoms with van der Waals surface area (Å²) in [7, 11) is 2.66. The highest BCUT2D eigenvalue weighted by Crippen LogP contribution is 2.30. The third kappa shape index (κ3) is 4.62. The molecule has 2 atom stereocenters. The normalized spacial score (nSPS) is 18.8. The number of hydrogen-bond acceptors (Lipinski definition) is 7. The summed E-state index contributed by atoms with van der Waals surface area (Å²) in [6.07, 6.45) is 0.115. The van der Waals surface area contributed by atoms with Crippen LogP contribution in [0.5, 0.6) is 11.5 Å². The number of benzene rings is 1. The van der Waals surface area contributed by atoms with E-state index in [0.717, 1.165) is 0 Å². The Labute approximate surface area is 166 Å². The van der Waals surface area contributed by atoms with Crippen molar-refractivity contribution < 1.29 is 33.3 Å². The maximum absolute atomic E-state index is 13.3. The van der Waals surface area contributed by atoms with Crippen LogP contribution in [-0.4, -0.2) is 66.4 Å². The zero-order chi connectivity index (χ0) is 21.0. The van der Waals surface area contributed by atoms with Crippen LogP contribution in [0, 0.1) is 5.82 Å². The Morgan fingerprint density at radius 2 is 2.00 bits per heavy atom. The second kappa shape index (κ2) is 8.87. The summed E-state index contributed by atoms with van der Waals surface area (Å²) in [6.45, 7) is 0.387. The number of carbonyl (C=O) groups excluding carboxylic acids is 2. The maximum atomic E-state index is 13.3. The third-order valence-electron chi connectivity index (χ3n) is 4.62. The van der Waals surface area contributed by atoms with Gasteiger partial charge in [0.2, 0.25) is 0 Å². The molecule has 0 aliphatic carbocycles. The van der Waals surface area contributed by atoms with Crippen molar-refractivity contribution in [1.82, 2.24) is 9.88 Å². The van der Waals surface area contributed by atoms with Crippen molar-refractivity contribution >= 4 is 11.9 Å². The molecule has 29 heavy (non-hydrogen) atoms. The second-order valence-corrected chi connectivity index (χ2v) is 6.48. The van der Waals surface area contributed by atoms with Crippen LogP contribution in [0.3, 0.4) is 0 Å². The number of esters is 1. The molecule has 2 aromatic rings. The average Bonchev–Trinajstić information content (AvgIpc) is 2.75. The maximum Gasteiger partial charge on any atom is 0.339 e. The molecule has 2 heterocycles. The molecule has 1 aromatic heterocycles. The van der Waals surface area contributed by atoms with E-state index in [-0.39, 0.29) is 29.5 Å². The Kier molecular flexibility index (Phi) is 6.28. The van der Waals surface area contributed by atoms with Crippen molar-refractivity contribution in [2.75, 3.05) is 27.3 Å². The van der Waals surface area contributed by atoms with Crippen LogP contribution in [0.25, 0.3) is 0 Å². The minimum absolute atomic E-state index is 0.0491. The Morgan fingerprint density at radius 1 is 1.21 bits per heavy atom. The molecule has 1 amide bonds. The van der Waals surface area contributed by atoms with Gasteiger partial charge >= 0.3 is 5.97 Å². The van der Waals surface area contributed by atoms with Gasteiger partial charge in [-0.05, 0) is 24.3 Å². The highest BCUT2D eigenvalue weighted by atomic mass is 19.1. The van der Waals surface area contributed by atoms with Crippen LogP contribution in [0.1, 0.15) is 27.3 Å². The van der Waals surface area contributed by atoms with Crippen LogP contribution in [0.2, 0.25) is 0 Å². The van der Waals surface area contributed by atoms with Gasteiger partial charge in [-0.2, -0.15) is 0 Å². The molecule has 1 aliphatic heterocycles. The minimum atomic E-state index is -0.947. The molecule has 1 fully saturated rings. The van der Waals surface area contributed by atoms with Crippen molar-refractivity contribution in [1.29, 1.82) is 0 Å². The number of nitrogens with zero attached hydrogens (tertiary/aromatic N) is 2. The van der Waals surface area contributed by atoms with Crippen LogP contribution in [0.4, 0.5) is 4.39 Å². The number of hydrogen-bond donors (Lipinski definition) is 1. The minimum Gasteiger partial charge on any atom is -0.493 e. The fourth-order valence-corrected chi connectivity index (χ4v) is 3.05. The van der Waals surface area contributed by atoms with Gasteiger partial charge in [0.15, 0.2) is 11.5 Å². The van der Waals surface area contributed by atoms with Crippen molar-refractivity contribution in [2.24, 2.45) is 0 Å². The lowest BCUT2D eigenvalue weighted by Crippen LogP contribution is -2.51. The highest BCUT2D eigenvalue weighted by molar-refractivity contribution is 5.94. The zero-order valence-corrected chi connectivity index (χ0v) is 16.0. The monoisotopic (exact) mass is 404 g/mol. The van der Waals surface area contributed by atoms with Crippen LogP contribution in [-0.2, 0) is 4.74 Å². The summed E-state index contributed by atoms with van der Waals surface area (Å²) < 4.78 is 28.8. The second-order valence-electron chi connectivity index (χ2n) is 6.48. The number of β-amino-alcohol motifs (C(OH)–C–C–N with tert-alkyl or cyclic N) is 1. The van der Waals surface area contributed by atoms with Crippen molar-refractivity contribution in [3.8, 4) is 11.5 Å². The summed E-state index contributed by atoms with van der Waals surface area (Å²) in [5.41, 5.74) is 0.397. The van der Waals surface area contributed by atoms with E-state index in [1.54, 1.807) is 0 Å². The number of rotatable bonds is 5. The first-order valence-corrected chi connectivity index (χ1v) is 8.95. The van der Waals surface area contributed by atoms with E-state index in [0.29, 0.717) is 18.7 Å². The van der Waals surface area contributed by atoms with Gasteiger partial charge in [0.25, 0.3) is 5.91 Å². The number of pyridine rings is 1. The number of aliphatic hydroxyl groups is 1. The first-order valence-electron chi connectivity index (χ1n) is 8.95. The van der Waals surface area contributed by atoms with E-state index in [1.807, 2.05) is 0 Å². The van der Waals surface area contributed by atoms with Crippen molar-refractivity contribution in [2.45, 2.75) is 18.6 Å². The van der Waals surface area contributed by atoms with Gasteiger partial charge in [0.1, 0.15) is 23.7 Å². The number of aromatic nitrogens is 1. The predicted octanol–water partition coefficient (Wildman–Crippen LogP) is 1.67. The molecule has 1 saturated heterocycles. The number of carbonyl (C=O) groups is 2. The smallest absolute Gasteiger partial charge is 0.339 e. The molecule has 0 spiro atoms. The quantitative estimate of drug-likeness (QED) is 0.757. The number of halogens is 1. The molecule has 8 nitrogen and oxygen atoms in total. The molecule has 1 aliphatic rings. The van der Waals surface area contributed by atoms with E-state index in [9.17, 15) is 19.1 Å². The van der Waals surface area contributed by atoms with E-state index in [2.05, 4.69) is 9.72 Å². The van der Waals surface area contributed by atoms with Crippen LogP contribution >= 0.6 is 0 Å². The third-order valence-corrected chi connectivity index (χ3v) is 4.62. The number of piperidine rings is 1. The molecule has 0 saturated carbocycles. The Balaban J connectivity index is 1.63. The molecule has 0 bridgehead atoms. The Hall–Kier alpha value is -3.20. The molecule has 9 heteroatoms.